The number of carbonyl (C=O) groups is 1. The minimum Gasteiger partial charge on any atom is -0.334 e. The Balaban J connectivity index is 0.00000200. The first-order chi connectivity index (χ1) is 9.09. The topological polar surface area (TPSA) is 35.6 Å². The van der Waals surface area contributed by atoms with Crippen molar-refractivity contribution in [3.05, 3.63) is 0 Å². The molecule has 1 aliphatic carbocycles. The fourth-order valence-corrected chi connectivity index (χ4v) is 3.82. The van der Waals surface area contributed by atoms with E-state index >= 15 is 0 Å². The van der Waals surface area contributed by atoms with Crippen LogP contribution in [0.25, 0.3) is 0 Å². The highest BCUT2D eigenvalue weighted by atomic mass is 35.5. The number of hydrogen-bond donors (Lipinski definition) is 1. The van der Waals surface area contributed by atoms with E-state index in [1.54, 1.807) is 0 Å². The second-order valence-electron chi connectivity index (χ2n) is 6.47. The Kier molecular flexibility index (Phi) is 9.17. The molecule has 0 aromatic heterocycles. The van der Waals surface area contributed by atoms with Gasteiger partial charge in [0.25, 0.3) is 0 Å². The zero-order chi connectivity index (χ0) is 13.9. The lowest BCUT2D eigenvalue weighted by molar-refractivity contribution is -0.148. The van der Waals surface area contributed by atoms with Crippen LogP contribution in [0.3, 0.4) is 0 Å². The van der Waals surface area contributed by atoms with Gasteiger partial charge in [0.15, 0.2) is 0 Å². The molecule has 2 rings (SSSR count). The highest BCUT2D eigenvalue weighted by Crippen LogP contribution is 2.37. The standard InChI is InChI=1S/C15H29N3O.2ClH/c1-13(11-16-2)14(19)18-10-9-17(3)12-15(18)7-5-4-6-8-15;;/h13,16H,4-12H2,1-3H3;2*1H. The van der Waals surface area contributed by atoms with Gasteiger partial charge in [-0.25, -0.2) is 0 Å². The van der Waals surface area contributed by atoms with Crippen molar-refractivity contribution in [1.29, 1.82) is 0 Å². The monoisotopic (exact) mass is 339 g/mol. The summed E-state index contributed by atoms with van der Waals surface area (Å²) in [7, 11) is 4.11. The van der Waals surface area contributed by atoms with Gasteiger partial charge < -0.3 is 15.1 Å². The van der Waals surface area contributed by atoms with Gasteiger partial charge in [0.1, 0.15) is 0 Å². The van der Waals surface area contributed by atoms with Crippen LogP contribution >= 0.6 is 24.8 Å². The Labute approximate surface area is 141 Å². The highest BCUT2D eigenvalue weighted by molar-refractivity contribution is 5.85. The molecule has 1 N–H and O–H groups in total. The van der Waals surface area contributed by atoms with Crippen molar-refractivity contribution in [2.24, 2.45) is 5.92 Å². The van der Waals surface area contributed by atoms with Gasteiger partial charge in [0.2, 0.25) is 5.91 Å². The predicted molar refractivity (Wildman–Crippen MR) is 92.6 cm³/mol. The molecule has 6 heteroatoms. The minimum atomic E-state index is 0. The number of likely N-dealkylation sites (N-methyl/N-ethyl adjacent to an activating group) is 1. The van der Waals surface area contributed by atoms with Crippen LogP contribution in [0.15, 0.2) is 0 Å². The van der Waals surface area contributed by atoms with Crippen molar-refractivity contribution in [3.63, 3.8) is 0 Å². The van der Waals surface area contributed by atoms with Gasteiger partial charge >= 0.3 is 0 Å². The summed E-state index contributed by atoms with van der Waals surface area (Å²) in [4.78, 5) is 17.4. The normalized spacial score (nSPS) is 23.1. The quantitative estimate of drug-likeness (QED) is 0.855. The number of nitrogens with one attached hydrogen (secondary N) is 1. The highest BCUT2D eigenvalue weighted by Gasteiger charge is 2.44. The lowest BCUT2D eigenvalue weighted by Crippen LogP contribution is -2.65. The molecule has 1 amide bonds. The van der Waals surface area contributed by atoms with E-state index in [2.05, 4.69) is 22.2 Å². The molecule has 2 aliphatic rings. The molecule has 126 valence electrons. The van der Waals surface area contributed by atoms with E-state index in [1.807, 2.05) is 14.0 Å². The second-order valence-corrected chi connectivity index (χ2v) is 6.47. The largest absolute Gasteiger partial charge is 0.334 e. The molecule has 0 bridgehead atoms. The fourth-order valence-electron chi connectivity index (χ4n) is 3.82. The van der Waals surface area contributed by atoms with Crippen LogP contribution in [0.4, 0.5) is 0 Å². The summed E-state index contributed by atoms with van der Waals surface area (Å²) in [6.45, 7) is 5.81. The number of halogens is 2. The first-order valence-electron chi connectivity index (χ1n) is 7.74. The lowest BCUT2D eigenvalue weighted by Gasteiger charge is -2.53. The van der Waals surface area contributed by atoms with E-state index in [9.17, 15) is 4.79 Å². The summed E-state index contributed by atoms with van der Waals surface area (Å²) >= 11 is 0. The number of piperazine rings is 1. The summed E-state index contributed by atoms with van der Waals surface area (Å²) < 4.78 is 0. The molecule has 21 heavy (non-hydrogen) atoms. The molecule has 1 saturated carbocycles. The van der Waals surface area contributed by atoms with Gasteiger partial charge in [0, 0.05) is 32.1 Å². The van der Waals surface area contributed by atoms with Gasteiger partial charge in [-0.3, -0.25) is 4.79 Å². The van der Waals surface area contributed by atoms with E-state index in [0.29, 0.717) is 5.91 Å². The maximum atomic E-state index is 12.7. The number of amides is 1. The number of rotatable bonds is 3. The number of nitrogens with zero attached hydrogens (tertiary/aromatic N) is 2. The number of hydrogen-bond acceptors (Lipinski definition) is 3. The average Bonchev–Trinajstić information content (AvgIpc) is 2.39. The maximum Gasteiger partial charge on any atom is 0.227 e. The molecule has 1 unspecified atom stereocenters. The SMILES string of the molecule is CNCC(C)C(=O)N1CCN(C)CC12CCCCC2.Cl.Cl. The molecule has 0 aromatic carbocycles. The van der Waals surface area contributed by atoms with Crippen LogP contribution in [0.1, 0.15) is 39.0 Å². The van der Waals surface area contributed by atoms with Crippen molar-refractivity contribution >= 4 is 30.7 Å². The Morgan fingerprint density at radius 3 is 2.38 bits per heavy atom. The third-order valence-electron chi connectivity index (χ3n) is 4.82. The van der Waals surface area contributed by atoms with Crippen molar-refractivity contribution in [3.8, 4) is 0 Å². The van der Waals surface area contributed by atoms with Crippen LogP contribution < -0.4 is 5.32 Å². The zero-order valence-electron chi connectivity index (χ0n) is 13.6. The smallest absolute Gasteiger partial charge is 0.227 e. The molecule has 0 aromatic rings. The van der Waals surface area contributed by atoms with Crippen LogP contribution in [-0.4, -0.2) is 61.5 Å². The second kappa shape index (κ2) is 9.19. The Bertz CT molecular complexity index is 322. The van der Waals surface area contributed by atoms with Crippen LogP contribution in [0, 0.1) is 5.92 Å². The summed E-state index contributed by atoms with van der Waals surface area (Å²) in [5.41, 5.74) is 0.129. The molecule has 1 spiro atoms. The first kappa shape index (κ1) is 21.0. The van der Waals surface area contributed by atoms with Gasteiger partial charge in [-0.05, 0) is 26.9 Å². The van der Waals surface area contributed by atoms with Crippen molar-refractivity contribution in [1.82, 2.24) is 15.1 Å². The molecular formula is C15H31Cl2N3O. The van der Waals surface area contributed by atoms with Gasteiger partial charge in [0.05, 0.1) is 5.54 Å². The van der Waals surface area contributed by atoms with E-state index in [4.69, 9.17) is 0 Å². The van der Waals surface area contributed by atoms with E-state index in [0.717, 1.165) is 26.2 Å². The summed E-state index contributed by atoms with van der Waals surface area (Å²) in [6.07, 6.45) is 6.26. The molecule has 0 radical (unpaired) electrons. The third kappa shape index (κ3) is 4.72. The first-order valence-corrected chi connectivity index (χ1v) is 7.74. The Morgan fingerprint density at radius 2 is 1.81 bits per heavy atom. The predicted octanol–water partition coefficient (Wildman–Crippen LogP) is 2.16. The number of carbonyl (C=O) groups excluding carboxylic acids is 1. The van der Waals surface area contributed by atoms with E-state index in [-0.39, 0.29) is 36.3 Å². The molecule has 1 saturated heterocycles. The summed E-state index contributed by atoms with van der Waals surface area (Å²) in [5, 5.41) is 3.13. The lowest BCUT2D eigenvalue weighted by atomic mass is 9.78. The minimum absolute atomic E-state index is 0. The fraction of sp³-hybridized carbons (Fsp3) is 0.933. The molecular weight excluding hydrogens is 309 g/mol. The van der Waals surface area contributed by atoms with E-state index < -0.39 is 0 Å². The summed E-state index contributed by atoms with van der Waals surface area (Å²) in [5.74, 6) is 0.441. The van der Waals surface area contributed by atoms with Crippen LogP contribution in [0.5, 0.6) is 0 Å². The molecule has 1 heterocycles. The third-order valence-corrected chi connectivity index (χ3v) is 4.82. The van der Waals surface area contributed by atoms with Gasteiger partial charge in [-0.2, -0.15) is 0 Å². The summed E-state index contributed by atoms with van der Waals surface area (Å²) in [6, 6.07) is 0. The molecule has 4 nitrogen and oxygen atoms in total. The Morgan fingerprint density at radius 1 is 1.19 bits per heavy atom. The van der Waals surface area contributed by atoms with Crippen LogP contribution in [0.2, 0.25) is 0 Å². The molecule has 1 atom stereocenters. The van der Waals surface area contributed by atoms with Gasteiger partial charge in [-0.1, -0.05) is 26.2 Å². The van der Waals surface area contributed by atoms with Crippen molar-refractivity contribution < 1.29 is 4.79 Å². The molecule has 2 fully saturated rings. The van der Waals surface area contributed by atoms with Gasteiger partial charge in [-0.15, -0.1) is 24.8 Å². The van der Waals surface area contributed by atoms with Crippen molar-refractivity contribution in [2.75, 3.05) is 40.3 Å². The van der Waals surface area contributed by atoms with Crippen LogP contribution in [-0.2, 0) is 4.79 Å². The molecule has 1 aliphatic heterocycles. The zero-order valence-corrected chi connectivity index (χ0v) is 15.2. The average molecular weight is 340 g/mol. The maximum absolute atomic E-state index is 12.7. The van der Waals surface area contributed by atoms with E-state index in [1.165, 1.54) is 32.1 Å². The Hall–Kier alpha value is -0.0300. The van der Waals surface area contributed by atoms with Crippen molar-refractivity contribution in [2.45, 2.75) is 44.6 Å².